The lowest BCUT2D eigenvalue weighted by Crippen LogP contribution is -2.45. The molecular formula is C13H19ClF2N2. The Morgan fingerprint density at radius 1 is 1.28 bits per heavy atom. The van der Waals surface area contributed by atoms with E-state index < -0.39 is 0 Å². The van der Waals surface area contributed by atoms with Crippen LogP contribution in [0, 0.1) is 11.6 Å². The summed E-state index contributed by atoms with van der Waals surface area (Å²) in [6.45, 7) is 5.60. The van der Waals surface area contributed by atoms with Gasteiger partial charge in [0.15, 0.2) is 0 Å². The van der Waals surface area contributed by atoms with Crippen LogP contribution in [0.3, 0.4) is 0 Å². The highest BCUT2D eigenvalue weighted by atomic mass is 35.5. The number of piperazine rings is 1. The molecule has 18 heavy (non-hydrogen) atoms. The average molecular weight is 277 g/mol. The first-order valence-electron chi connectivity index (χ1n) is 6.12. The molecule has 0 saturated carbocycles. The van der Waals surface area contributed by atoms with Gasteiger partial charge < -0.3 is 5.32 Å². The first kappa shape index (κ1) is 15.3. The molecule has 5 heteroatoms. The van der Waals surface area contributed by atoms with Crippen molar-refractivity contribution >= 4 is 12.4 Å². The van der Waals surface area contributed by atoms with Gasteiger partial charge in [-0.25, -0.2) is 8.78 Å². The molecule has 102 valence electrons. The maximum atomic E-state index is 13.8. The molecule has 1 N–H and O–H groups in total. The summed E-state index contributed by atoms with van der Waals surface area (Å²) in [6, 6.07) is 3.69. The van der Waals surface area contributed by atoms with Gasteiger partial charge in [0.25, 0.3) is 0 Å². The summed E-state index contributed by atoms with van der Waals surface area (Å²) in [5.74, 6) is -0.674. The third-order valence-corrected chi connectivity index (χ3v) is 3.30. The molecule has 0 amide bonds. The molecule has 2 nitrogen and oxygen atoms in total. The van der Waals surface area contributed by atoms with E-state index in [4.69, 9.17) is 0 Å². The van der Waals surface area contributed by atoms with Crippen LogP contribution >= 0.6 is 12.4 Å². The second-order valence-electron chi connectivity index (χ2n) is 4.38. The quantitative estimate of drug-likeness (QED) is 0.913. The van der Waals surface area contributed by atoms with Crippen LogP contribution in [0.2, 0.25) is 0 Å². The van der Waals surface area contributed by atoms with Gasteiger partial charge in [0.05, 0.1) is 0 Å². The number of benzene rings is 1. The van der Waals surface area contributed by atoms with Crippen molar-refractivity contribution in [2.75, 3.05) is 26.2 Å². The van der Waals surface area contributed by atoms with E-state index in [2.05, 4.69) is 10.2 Å². The Bertz CT molecular complexity index is 381. The minimum Gasteiger partial charge on any atom is -0.314 e. The summed E-state index contributed by atoms with van der Waals surface area (Å²) in [4.78, 5) is 2.22. The molecule has 0 radical (unpaired) electrons. The minimum atomic E-state index is -0.366. The van der Waals surface area contributed by atoms with E-state index in [1.165, 1.54) is 18.2 Å². The zero-order chi connectivity index (χ0) is 12.3. The fourth-order valence-electron chi connectivity index (χ4n) is 2.44. The van der Waals surface area contributed by atoms with Crippen LogP contribution in [0.4, 0.5) is 8.78 Å². The lowest BCUT2D eigenvalue weighted by atomic mass is 10.0. The molecule has 0 spiro atoms. The third-order valence-electron chi connectivity index (χ3n) is 3.30. The summed E-state index contributed by atoms with van der Waals surface area (Å²) < 4.78 is 27.0. The Labute approximate surface area is 113 Å². The van der Waals surface area contributed by atoms with E-state index in [9.17, 15) is 8.78 Å². The molecule has 1 aromatic rings. The SMILES string of the molecule is CC[C@H](c1cc(F)ccc1F)N1CCNCC1.Cl. The Hall–Kier alpha value is -0.710. The van der Waals surface area contributed by atoms with Crippen LogP contribution < -0.4 is 5.32 Å². The van der Waals surface area contributed by atoms with Gasteiger partial charge in [-0.05, 0) is 24.6 Å². The topological polar surface area (TPSA) is 15.3 Å². The molecule has 2 rings (SSSR count). The maximum absolute atomic E-state index is 13.8. The number of rotatable bonds is 3. The monoisotopic (exact) mass is 276 g/mol. The standard InChI is InChI=1S/C13H18F2N2.ClH/c1-2-13(17-7-5-16-6-8-17)11-9-10(14)3-4-12(11)15;/h3-4,9,13,16H,2,5-8H2,1H3;1H/t13-;/m1./s1. The molecule has 0 aromatic heterocycles. The van der Waals surface area contributed by atoms with Gasteiger partial charge in [-0.1, -0.05) is 6.92 Å². The van der Waals surface area contributed by atoms with Crippen molar-refractivity contribution in [3.8, 4) is 0 Å². The summed E-state index contributed by atoms with van der Waals surface area (Å²) in [6.07, 6.45) is 0.792. The second kappa shape index (κ2) is 7.02. The van der Waals surface area contributed by atoms with Crippen molar-refractivity contribution in [3.63, 3.8) is 0 Å². The van der Waals surface area contributed by atoms with Crippen LogP contribution in [0.1, 0.15) is 24.9 Å². The smallest absolute Gasteiger partial charge is 0.128 e. The highest BCUT2D eigenvalue weighted by molar-refractivity contribution is 5.85. The average Bonchev–Trinajstić information content (AvgIpc) is 2.36. The Balaban J connectivity index is 0.00000162. The van der Waals surface area contributed by atoms with Gasteiger partial charge in [-0.2, -0.15) is 0 Å². The van der Waals surface area contributed by atoms with Crippen LogP contribution in [-0.2, 0) is 0 Å². The van der Waals surface area contributed by atoms with Crippen LogP contribution in [0.25, 0.3) is 0 Å². The molecule has 1 fully saturated rings. The Kier molecular flexibility index (Phi) is 5.99. The van der Waals surface area contributed by atoms with E-state index in [0.717, 1.165) is 32.6 Å². The largest absolute Gasteiger partial charge is 0.314 e. The number of halogens is 3. The molecule has 1 aromatic carbocycles. The normalized spacial score (nSPS) is 18.2. The second-order valence-corrected chi connectivity index (χ2v) is 4.38. The predicted molar refractivity (Wildman–Crippen MR) is 71.1 cm³/mol. The fraction of sp³-hybridized carbons (Fsp3) is 0.538. The molecule has 1 heterocycles. The molecule has 0 aliphatic carbocycles. The predicted octanol–water partition coefficient (Wildman–Crippen LogP) is 2.74. The van der Waals surface area contributed by atoms with E-state index in [1.807, 2.05) is 6.92 Å². The minimum absolute atomic E-state index is 0. The van der Waals surface area contributed by atoms with E-state index >= 15 is 0 Å². The van der Waals surface area contributed by atoms with Crippen molar-refractivity contribution in [1.82, 2.24) is 10.2 Å². The molecule has 1 aliphatic rings. The summed E-state index contributed by atoms with van der Waals surface area (Å²) in [5, 5.41) is 3.26. The number of hydrogen-bond acceptors (Lipinski definition) is 2. The molecule has 0 bridgehead atoms. The van der Waals surface area contributed by atoms with Crippen LogP contribution in [0.15, 0.2) is 18.2 Å². The van der Waals surface area contributed by atoms with E-state index in [0.29, 0.717) is 5.56 Å². The van der Waals surface area contributed by atoms with Gasteiger partial charge in [-0.3, -0.25) is 4.90 Å². The van der Waals surface area contributed by atoms with Gasteiger partial charge >= 0.3 is 0 Å². The fourth-order valence-corrected chi connectivity index (χ4v) is 2.44. The van der Waals surface area contributed by atoms with Gasteiger partial charge in [-0.15, -0.1) is 12.4 Å². The molecule has 1 saturated heterocycles. The number of hydrogen-bond donors (Lipinski definition) is 1. The highest BCUT2D eigenvalue weighted by Gasteiger charge is 2.23. The zero-order valence-corrected chi connectivity index (χ0v) is 11.3. The Morgan fingerprint density at radius 2 is 1.94 bits per heavy atom. The van der Waals surface area contributed by atoms with E-state index in [-0.39, 0.29) is 30.1 Å². The zero-order valence-electron chi connectivity index (χ0n) is 10.5. The lowest BCUT2D eigenvalue weighted by molar-refractivity contribution is 0.166. The molecule has 0 unspecified atom stereocenters. The Morgan fingerprint density at radius 3 is 2.56 bits per heavy atom. The summed E-state index contributed by atoms with van der Waals surface area (Å²) in [7, 11) is 0. The third kappa shape index (κ3) is 3.40. The van der Waals surface area contributed by atoms with E-state index in [1.54, 1.807) is 0 Å². The highest BCUT2D eigenvalue weighted by Crippen LogP contribution is 2.27. The van der Waals surface area contributed by atoms with Crippen LogP contribution in [-0.4, -0.2) is 31.1 Å². The van der Waals surface area contributed by atoms with Gasteiger partial charge in [0.2, 0.25) is 0 Å². The van der Waals surface area contributed by atoms with Crippen molar-refractivity contribution in [3.05, 3.63) is 35.4 Å². The molecular weight excluding hydrogens is 258 g/mol. The lowest BCUT2D eigenvalue weighted by Gasteiger charge is -2.34. The molecule has 1 atom stereocenters. The summed E-state index contributed by atoms with van der Waals surface area (Å²) in [5.41, 5.74) is 0.481. The van der Waals surface area contributed by atoms with Gasteiger partial charge in [0, 0.05) is 37.8 Å². The summed E-state index contributed by atoms with van der Waals surface area (Å²) >= 11 is 0. The number of nitrogens with zero attached hydrogens (tertiary/aromatic N) is 1. The van der Waals surface area contributed by atoms with Crippen molar-refractivity contribution in [1.29, 1.82) is 0 Å². The number of nitrogens with one attached hydrogen (secondary N) is 1. The van der Waals surface area contributed by atoms with Crippen molar-refractivity contribution in [2.45, 2.75) is 19.4 Å². The molecule has 1 aliphatic heterocycles. The van der Waals surface area contributed by atoms with Crippen molar-refractivity contribution in [2.24, 2.45) is 0 Å². The maximum Gasteiger partial charge on any atom is 0.128 e. The van der Waals surface area contributed by atoms with Crippen molar-refractivity contribution < 1.29 is 8.78 Å². The first-order valence-corrected chi connectivity index (χ1v) is 6.12. The van der Waals surface area contributed by atoms with Gasteiger partial charge in [0.1, 0.15) is 11.6 Å². The first-order chi connectivity index (χ1) is 8.22. The van der Waals surface area contributed by atoms with Crippen LogP contribution in [0.5, 0.6) is 0 Å².